The van der Waals surface area contributed by atoms with Crippen molar-refractivity contribution in [3.05, 3.63) is 0 Å². The summed E-state index contributed by atoms with van der Waals surface area (Å²) in [4.78, 5) is 17.1. The Balaban J connectivity index is 1.50. The summed E-state index contributed by atoms with van der Waals surface area (Å²) in [5, 5.41) is 3.45. The van der Waals surface area contributed by atoms with Crippen molar-refractivity contribution in [1.82, 2.24) is 15.1 Å². The highest BCUT2D eigenvalue weighted by atomic mass is 16.2. The zero-order valence-corrected chi connectivity index (χ0v) is 12.1. The molecule has 2 unspecified atom stereocenters. The lowest BCUT2D eigenvalue weighted by Crippen LogP contribution is -2.58. The van der Waals surface area contributed by atoms with Gasteiger partial charge in [0.2, 0.25) is 5.91 Å². The summed E-state index contributed by atoms with van der Waals surface area (Å²) < 4.78 is 0. The summed E-state index contributed by atoms with van der Waals surface area (Å²) in [5.74, 6) is 0.311. The van der Waals surface area contributed by atoms with Gasteiger partial charge in [0.15, 0.2) is 0 Å². The quantitative estimate of drug-likeness (QED) is 0.833. The molecule has 1 aliphatic carbocycles. The zero-order chi connectivity index (χ0) is 13.2. The third-order valence-corrected chi connectivity index (χ3v) is 5.15. The van der Waals surface area contributed by atoms with E-state index in [0.29, 0.717) is 30.6 Å². The summed E-state index contributed by atoms with van der Waals surface area (Å²) >= 11 is 0. The third kappa shape index (κ3) is 2.95. The smallest absolute Gasteiger partial charge is 0.236 e. The molecule has 2 aliphatic heterocycles. The Hall–Kier alpha value is -0.610. The molecule has 2 atom stereocenters. The fourth-order valence-corrected chi connectivity index (χ4v) is 4.00. The molecule has 19 heavy (non-hydrogen) atoms. The van der Waals surface area contributed by atoms with Crippen molar-refractivity contribution in [1.29, 1.82) is 0 Å². The normalized spacial score (nSPS) is 32.8. The second-order valence-electron chi connectivity index (χ2n) is 6.55. The van der Waals surface area contributed by atoms with Gasteiger partial charge in [-0.2, -0.15) is 0 Å². The van der Waals surface area contributed by atoms with E-state index in [1.54, 1.807) is 0 Å². The SMILES string of the molecule is CC1CN2CCCC2CN1C(=O)CNC1CCCC1. The van der Waals surface area contributed by atoms with Gasteiger partial charge in [0, 0.05) is 31.2 Å². The highest BCUT2D eigenvalue weighted by molar-refractivity contribution is 5.78. The van der Waals surface area contributed by atoms with Crippen LogP contribution >= 0.6 is 0 Å². The van der Waals surface area contributed by atoms with Crippen molar-refractivity contribution < 1.29 is 4.79 Å². The number of hydrogen-bond donors (Lipinski definition) is 1. The van der Waals surface area contributed by atoms with Crippen molar-refractivity contribution in [3.63, 3.8) is 0 Å². The van der Waals surface area contributed by atoms with Crippen molar-refractivity contribution in [2.75, 3.05) is 26.2 Å². The van der Waals surface area contributed by atoms with Crippen molar-refractivity contribution in [2.45, 2.75) is 63.6 Å². The van der Waals surface area contributed by atoms with Crippen LogP contribution < -0.4 is 5.32 Å². The number of amides is 1. The minimum Gasteiger partial charge on any atom is -0.336 e. The molecule has 0 aromatic heterocycles. The molecular formula is C15H27N3O. The Bertz CT molecular complexity index is 327. The first-order valence-electron chi connectivity index (χ1n) is 8.01. The average molecular weight is 265 g/mol. The highest BCUT2D eigenvalue weighted by Gasteiger charge is 2.36. The fourth-order valence-electron chi connectivity index (χ4n) is 4.00. The number of carbonyl (C=O) groups is 1. The number of carbonyl (C=O) groups excluding carboxylic acids is 1. The zero-order valence-electron chi connectivity index (χ0n) is 12.1. The molecule has 0 radical (unpaired) electrons. The Morgan fingerprint density at radius 2 is 1.95 bits per heavy atom. The molecule has 1 saturated carbocycles. The maximum absolute atomic E-state index is 12.4. The first kappa shape index (κ1) is 13.4. The number of hydrogen-bond acceptors (Lipinski definition) is 3. The second kappa shape index (κ2) is 5.80. The molecule has 0 aromatic rings. The summed E-state index contributed by atoms with van der Waals surface area (Å²) in [5.41, 5.74) is 0. The molecule has 3 aliphatic rings. The number of nitrogens with zero attached hydrogens (tertiary/aromatic N) is 2. The van der Waals surface area contributed by atoms with E-state index in [1.807, 2.05) is 0 Å². The molecule has 4 nitrogen and oxygen atoms in total. The van der Waals surface area contributed by atoms with E-state index in [9.17, 15) is 4.79 Å². The molecule has 1 N–H and O–H groups in total. The molecule has 4 heteroatoms. The molecule has 0 bridgehead atoms. The maximum Gasteiger partial charge on any atom is 0.236 e. The fraction of sp³-hybridized carbons (Fsp3) is 0.933. The van der Waals surface area contributed by atoms with Gasteiger partial charge in [0.1, 0.15) is 0 Å². The minimum atomic E-state index is 0.311. The predicted molar refractivity (Wildman–Crippen MR) is 76.0 cm³/mol. The molecule has 2 heterocycles. The Morgan fingerprint density at radius 1 is 1.16 bits per heavy atom. The Kier molecular flexibility index (Phi) is 4.08. The number of piperazine rings is 1. The van der Waals surface area contributed by atoms with Gasteiger partial charge < -0.3 is 10.2 Å². The molecule has 3 rings (SSSR count). The predicted octanol–water partition coefficient (Wildman–Crippen LogP) is 1.21. The monoisotopic (exact) mass is 265 g/mol. The largest absolute Gasteiger partial charge is 0.336 e. The van der Waals surface area contributed by atoms with Gasteiger partial charge in [-0.05, 0) is 39.2 Å². The van der Waals surface area contributed by atoms with Crippen LogP contribution in [-0.2, 0) is 4.79 Å². The van der Waals surface area contributed by atoms with Gasteiger partial charge >= 0.3 is 0 Å². The van der Waals surface area contributed by atoms with E-state index in [4.69, 9.17) is 0 Å². The molecule has 1 amide bonds. The molecular weight excluding hydrogens is 238 g/mol. The van der Waals surface area contributed by atoms with Gasteiger partial charge in [0.25, 0.3) is 0 Å². The van der Waals surface area contributed by atoms with E-state index >= 15 is 0 Å². The summed E-state index contributed by atoms with van der Waals surface area (Å²) in [7, 11) is 0. The summed E-state index contributed by atoms with van der Waals surface area (Å²) in [6.07, 6.45) is 7.72. The van der Waals surface area contributed by atoms with Crippen molar-refractivity contribution in [3.8, 4) is 0 Å². The van der Waals surface area contributed by atoms with Gasteiger partial charge in [-0.25, -0.2) is 0 Å². The Labute approximate surface area is 116 Å². The van der Waals surface area contributed by atoms with E-state index < -0.39 is 0 Å². The highest BCUT2D eigenvalue weighted by Crippen LogP contribution is 2.24. The van der Waals surface area contributed by atoms with Crippen LogP contribution in [0.4, 0.5) is 0 Å². The van der Waals surface area contributed by atoms with Crippen LogP contribution in [0.1, 0.15) is 45.4 Å². The van der Waals surface area contributed by atoms with Crippen LogP contribution in [0.2, 0.25) is 0 Å². The van der Waals surface area contributed by atoms with Gasteiger partial charge in [-0.1, -0.05) is 12.8 Å². The lowest BCUT2D eigenvalue weighted by Gasteiger charge is -2.42. The average Bonchev–Trinajstić information content (AvgIpc) is 3.05. The standard InChI is InChI=1S/C15H27N3O/c1-12-10-17-8-4-7-14(17)11-18(12)15(19)9-16-13-5-2-3-6-13/h12-14,16H,2-11H2,1H3. The van der Waals surface area contributed by atoms with Gasteiger partial charge in [-0.15, -0.1) is 0 Å². The molecule has 2 saturated heterocycles. The van der Waals surface area contributed by atoms with E-state index in [1.165, 1.54) is 45.1 Å². The van der Waals surface area contributed by atoms with Crippen LogP contribution in [0.15, 0.2) is 0 Å². The lowest BCUT2D eigenvalue weighted by atomic mass is 10.1. The number of rotatable bonds is 3. The lowest BCUT2D eigenvalue weighted by molar-refractivity contribution is -0.135. The van der Waals surface area contributed by atoms with Crippen LogP contribution in [0, 0.1) is 0 Å². The molecule has 3 fully saturated rings. The molecule has 0 aromatic carbocycles. The summed E-state index contributed by atoms with van der Waals surface area (Å²) in [6, 6.07) is 1.60. The van der Waals surface area contributed by atoms with Crippen LogP contribution in [0.25, 0.3) is 0 Å². The van der Waals surface area contributed by atoms with Crippen LogP contribution in [0.5, 0.6) is 0 Å². The molecule has 108 valence electrons. The molecule has 0 spiro atoms. The first-order valence-corrected chi connectivity index (χ1v) is 8.01. The topological polar surface area (TPSA) is 35.6 Å². The number of fused-ring (bicyclic) bond motifs is 1. The van der Waals surface area contributed by atoms with E-state index in [-0.39, 0.29) is 0 Å². The third-order valence-electron chi connectivity index (χ3n) is 5.15. The minimum absolute atomic E-state index is 0.311. The van der Waals surface area contributed by atoms with Crippen LogP contribution in [0.3, 0.4) is 0 Å². The van der Waals surface area contributed by atoms with E-state index in [2.05, 4.69) is 22.0 Å². The Morgan fingerprint density at radius 3 is 2.74 bits per heavy atom. The summed E-state index contributed by atoms with van der Waals surface area (Å²) in [6.45, 7) is 5.99. The van der Waals surface area contributed by atoms with Crippen molar-refractivity contribution >= 4 is 5.91 Å². The first-order chi connectivity index (χ1) is 9.24. The number of nitrogens with one attached hydrogen (secondary N) is 1. The van der Waals surface area contributed by atoms with Crippen LogP contribution in [-0.4, -0.2) is 60.0 Å². The van der Waals surface area contributed by atoms with Gasteiger partial charge in [-0.3, -0.25) is 9.69 Å². The maximum atomic E-state index is 12.4. The van der Waals surface area contributed by atoms with E-state index in [0.717, 1.165) is 13.1 Å². The second-order valence-corrected chi connectivity index (χ2v) is 6.55. The van der Waals surface area contributed by atoms with Crippen molar-refractivity contribution in [2.24, 2.45) is 0 Å². The van der Waals surface area contributed by atoms with Gasteiger partial charge in [0.05, 0.1) is 6.54 Å².